The molecule has 1 heterocycles. The molecule has 0 saturated heterocycles. The van der Waals surface area contributed by atoms with Gasteiger partial charge in [-0.1, -0.05) is 29.3 Å². The van der Waals surface area contributed by atoms with E-state index in [1.165, 1.54) is 0 Å². The van der Waals surface area contributed by atoms with Gasteiger partial charge in [0.2, 0.25) is 0 Å². The third-order valence-electron chi connectivity index (χ3n) is 2.03. The molecular formula is C11H9Cl2N. The zero-order valence-corrected chi connectivity index (χ0v) is 8.96. The van der Waals surface area contributed by atoms with Crippen LogP contribution in [0.1, 0.15) is 5.56 Å². The Hall–Kier alpha value is -0.920. The van der Waals surface area contributed by atoms with Crippen molar-refractivity contribution in [2.75, 3.05) is 0 Å². The van der Waals surface area contributed by atoms with Gasteiger partial charge in [-0.05, 0) is 29.8 Å². The lowest BCUT2D eigenvalue weighted by Crippen LogP contribution is -1.96. The summed E-state index contributed by atoms with van der Waals surface area (Å²) in [6, 6.07) is 9.55. The summed E-state index contributed by atoms with van der Waals surface area (Å²) in [7, 11) is 0. The number of aromatic nitrogens is 1. The average Bonchev–Trinajstić information content (AvgIpc) is 2.62. The predicted octanol–water partition coefficient (Wildman–Crippen LogP) is 3.84. The third kappa shape index (κ3) is 2.11. The fourth-order valence-electron chi connectivity index (χ4n) is 1.32. The maximum Gasteiger partial charge on any atom is 0.0484 e. The van der Waals surface area contributed by atoms with Crippen LogP contribution in [-0.2, 0) is 6.54 Å². The molecule has 1 aromatic carbocycles. The van der Waals surface area contributed by atoms with Gasteiger partial charge in [0, 0.05) is 29.0 Å². The van der Waals surface area contributed by atoms with Gasteiger partial charge < -0.3 is 4.57 Å². The van der Waals surface area contributed by atoms with Gasteiger partial charge in [0.15, 0.2) is 0 Å². The molecule has 14 heavy (non-hydrogen) atoms. The predicted molar refractivity (Wildman–Crippen MR) is 60.0 cm³/mol. The van der Waals surface area contributed by atoms with E-state index in [-0.39, 0.29) is 0 Å². The summed E-state index contributed by atoms with van der Waals surface area (Å²) in [6.07, 6.45) is 4.01. The highest BCUT2D eigenvalue weighted by Gasteiger charge is 2.00. The van der Waals surface area contributed by atoms with Crippen molar-refractivity contribution in [3.05, 3.63) is 58.3 Å². The molecule has 0 amide bonds. The van der Waals surface area contributed by atoms with E-state index < -0.39 is 0 Å². The van der Waals surface area contributed by atoms with E-state index in [2.05, 4.69) is 4.57 Å². The van der Waals surface area contributed by atoms with E-state index in [9.17, 15) is 0 Å². The summed E-state index contributed by atoms with van der Waals surface area (Å²) in [4.78, 5) is 0. The lowest BCUT2D eigenvalue weighted by molar-refractivity contribution is 0.806. The highest BCUT2D eigenvalue weighted by atomic mass is 35.5. The number of halogens is 2. The Morgan fingerprint density at radius 1 is 1.07 bits per heavy atom. The van der Waals surface area contributed by atoms with Crippen molar-refractivity contribution in [3.8, 4) is 0 Å². The molecule has 1 nitrogen and oxygen atoms in total. The van der Waals surface area contributed by atoms with Crippen molar-refractivity contribution in [2.45, 2.75) is 6.54 Å². The van der Waals surface area contributed by atoms with Gasteiger partial charge in [-0.15, -0.1) is 0 Å². The Morgan fingerprint density at radius 3 is 2.43 bits per heavy atom. The normalized spacial score (nSPS) is 10.4. The van der Waals surface area contributed by atoms with Crippen molar-refractivity contribution in [2.24, 2.45) is 0 Å². The molecule has 0 aliphatic heterocycles. The molecule has 0 N–H and O–H groups in total. The second-order valence-electron chi connectivity index (χ2n) is 3.09. The van der Waals surface area contributed by atoms with Crippen LogP contribution in [0.2, 0.25) is 10.0 Å². The Kier molecular flexibility index (Phi) is 2.80. The second kappa shape index (κ2) is 4.07. The molecular weight excluding hydrogens is 217 g/mol. The quantitative estimate of drug-likeness (QED) is 0.733. The van der Waals surface area contributed by atoms with Crippen LogP contribution in [0.15, 0.2) is 42.7 Å². The topological polar surface area (TPSA) is 4.93 Å². The maximum absolute atomic E-state index is 6.05. The second-order valence-corrected chi connectivity index (χ2v) is 3.93. The van der Waals surface area contributed by atoms with Gasteiger partial charge in [-0.3, -0.25) is 0 Å². The molecule has 0 radical (unpaired) electrons. The van der Waals surface area contributed by atoms with Crippen LogP contribution in [0.3, 0.4) is 0 Å². The molecule has 0 aliphatic carbocycles. The minimum atomic E-state index is 0.672. The molecule has 0 spiro atoms. The maximum atomic E-state index is 6.05. The molecule has 3 heteroatoms. The largest absolute Gasteiger partial charge is 0.350 e. The summed E-state index contributed by atoms with van der Waals surface area (Å²) < 4.78 is 2.06. The number of hydrogen-bond donors (Lipinski definition) is 0. The summed E-state index contributed by atoms with van der Waals surface area (Å²) in [5.74, 6) is 0. The first kappa shape index (κ1) is 9.63. The smallest absolute Gasteiger partial charge is 0.0484 e. The van der Waals surface area contributed by atoms with Gasteiger partial charge in [0.1, 0.15) is 0 Å². The first-order chi connectivity index (χ1) is 6.75. The fraction of sp³-hybridized carbons (Fsp3) is 0.0909. The Labute approximate surface area is 92.9 Å². The van der Waals surface area contributed by atoms with Crippen molar-refractivity contribution in [1.29, 1.82) is 0 Å². The fourth-order valence-corrected chi connectivity index (χ4v) is 1.79. The van der Waals surface area contributed by atoms with Crippen LogP contribution in [0, 0.1) is 0 Å². The Bertz CT molecular complexity index is 421. The van der Waals surface area contributed by atoms with Crippen molar-refractivity contribution >= 4 is 23.2 Å². The molecule has 72 valence electrons. The summed E-state index contributed by atoms with van der Waals surface area (Å²) in [5, 5.41) is 1.39. The van der Waals surface area contributed by atoms with Crippen molar-refractivity contribution < 1.29 is 0 Å². The third-order valence-corrected chi connectivity index (χ3v) is 2.62. The van der Waals surface area contributed by atoms with Gasteiger partial charge in [0.25, 0.3) is 0 Å². The molecule has 0 fully saturated rings. The number of benzene rings is 1. The molecule has 1 aromatic heterocycles. The summed E-state index contributed by atoms with van der Waals surface area (Å²) in [6.45, 7) is 0.781. The van der Waals surface area contributed by atoms with Crippen LogP contribution < -0.4 is 0 Å². The molecule has 0 bridgehead atoms. The number of rotatable bonds is 2. The monoisotopic (exact) mass is 225 g/mol. The van der Waals surface area contributed by atoms with E-state index in [4.69, 9.17) is 23.2 Å². The van der Waals surface area contributed by atoms with Crippen LogP contribution in [-0.4, -0.2) is 4.57 Å². The Morgan fingerprint density at radius 2 is 1.79 bits per heavy atom. The lowest BCUT2D eigenvalue weighted by Gasteiger charge is -2.05. The molecule has 2 rings (SSSR count). The van der Waals surface area contributed by atoms with E-state index >= 15 is 0 Å². The van der Waals surface area contributed by atoms with Crippen LogP contribution in [0.25, 0.3) is 0 Å². The summed E-state index contributed by atoms with van der Waals surface area (Å²) in [5.41, 5.74) is 1.08. The van der Waals surface area contributed by atoms with Gasteiger partial charge in [-0.25, -0.2) is 0 Å². The number of nitrogens with zero attached hydrogens (tertiary/aromatic N) is 1. The van der Waals surface area contributed by atoms with Gasteiger partial charge in [0.05, 0.1) is 0 Å². The Balaban J connectivity index is 2.25. The lowest BCUT2D eigenvalue weighted by atomic mass is 10.2. The van der Waals surface area contributed by atoms with E-state index in [1.54, 1.807) is 6.07 Å². The first-order valence-electron chi connectivity index (χ1n) is 4.30. The molecule has 0 unspecified atom stereocenters. The minimum Gasteiger partial charge on any atom is -0.350 e. The van der Waals surface area contributed by atoms with E-state index in [0.29, 0.717) is 10.0 Å². The zero-order valence-electron chi connectivity index (χ0n) is 7.45. The van der Waals surface area contributed by atoms with Gasteiger partial charge in [-0.2, -0.15) is 0 Å². The van der Waals surface area contributed by atoms with E-state index in [0.717, 1.165) is 12.1 Å². The molecule has 0 atom stereocenters. The van der Waals surface area contributed by atoms with Crippen LogP contribution >= 0.6 is 23.2 Å². The standard InChI is InChI=1S/C11H9Cl2N/c12-10-4-3-9(11(13)7-10)8-14-5-1-2-6-14/h1-7H,8H2. The average molecular weight is 226 g/mol. The van der Waals surface area contributed by atoms with Crippen LogP contribution in [0.5, 0.6) is 0 Å². The zero-order chi connectivity index (χ0) is 9.97. The van der Waals surface area contributed by atoms with Crippen molar-refractivity contribution in [1.82, 2.24) is 4.57 Å². The molecule has 2 aromatic rings. The van der Waals surface area contributed by atoms with E-state index in [1.807, 2.05) is 36.7 Å². The highest BCUT2D eigenvalue weighted by molar-refractivity contribution is 6.35. The first-order valence-corrected chi connectivity index (χ1v) is 5.06. The van der Waals surface area contributed by atoms with Crippen LogP contribution in [0.4, 0.5) is 0 Å². The highest BCUT2D eigenvalue weighted by Crippen LogP contribution is 2.21. The SMILES string of the molecule is Clc1ccc(Cn2cccc2)c(Cl)c1. The molecule has 0 aliphatic rings. The summed E-state index contributed by atoms with van der Waals surface area (Å²) >= 11 is 11.9. The van der Waals surface area contributed by atoms with Crippen molar-refractivity contribution in [3.63, 3.8) is 0 Å². The van der Waals surface area contributed by atoms with Gasteiger partial charge >= 0.3 is 0 Å². The number of hydrogen-bond acceptors (Lipinski definition) is 0. The molecule has 0 saturated carbocycles. The minimum absolute atomic E-state index is 0.672.